The third kappa shape index (κ3) is 4.39. The van der Waals surface area contributed by atoms with Gasteiger partial charge in [-0.3, -0.25) is 24.3 Å². The maximum absolute atomic E-state index is 15.8. The second-order valence-electron chi connectivity index (χ2n) is 12.8. The number of halogens is 3. The molecule has 5 aliphatic rings. The summed E-state index contributed by atoms with van der Waals surface area (Å²) in [5, 5.41) is 5.75. The Morgan fingerprint density at radius 2 is 1.87 bits per heavy atom. The van der Waals surface area contributed by atoms with Crippen molar-refractivity contribution in [3.8, 4) is 0 Å². The van der Waals surface area contributed by atoms with E-state index in [1.807, 2.05) is 11.0 Å². The first-order valence-electron chi connectivity index (χ1n) is 15.2. The van der Waals surface area contributed by atoms with Gasteiger partial charge < -0.3 is 4.90 Å². The molecule has 2 fully saturated rings. The molecule has 0 aliphatic heterocycles. The number of benzene rings is 1. The van der Waals surface area contributed by atoms with Crippen LogP contribution in [0.2, 0.25) is 0 Å². The molecule has 2 aromatic heterocycles. The van der Waals surface area contributed by atoms with Crippen LogP contribution in [0.25, 0.3) is 0 Å². The van der Waals surface area contributed by atoms with Crippen LogP contribution in [-0.2, 0) is 13.0 Å². The van der Waals surface area contributed by atoms with Gasteiger partial charge in [0.2, 0.25) is 0 Å². The van der Waals surface area contributed by atoms with Crippen molar-refractivity contribution in [2.24, 2.45) is 24.2 Å². The van der Waals surface area contributed by atoms with Gasteiger partial charge in [-0.1, -0.05) is 11.6 Å². The third-order valence-corrected chi connectivity index (χ3v) is 10.0. The second kappa shape index (κ2) is 9.74. The van der Waals surface area contributed by atoms with Gasteiger partial charge in [-0.15, -0.1) is 0 Å². The van der Waals surface area contributed by atoms with Crippen LogP contribution in [0.1, 0.15) is 65.1 Å². The summed E-state index contributed by atoms with van der Waals surface area (Å²) >= 11 is 0. The number of Topliss-reactive ketones (excluding diaryl/α,β-unsaturated/α-hetero) is 1. The monoisotopic (exact) mass is 612 g/mol. The first-order chi connectivity index (χ1) is 21.6. The number of hydrogen-bond acceptors (Lipinski definition) is 6. The van der Waals surface area contributed by atoms with Crippen LogP contribution in [0.3, 0.4) is 0 Å². The van der Waals surface area contributed by atoms with Crippen LogP contribution in [0.15, 0.2) is 89.4 Å². The molecule has 8 rings (SSSR count). The number of alkyl halides is 2. The first-order valence-corrected chi connectivity index (χ1v) is 15.2. The van der Waals surface area contributed by atoms with E-state index in [2.05, 4.69) is 10.1 Å². The summed E-state index contributed by atoms with van der Waals surface area (Å²) in [4.78, 5) is 34.8. The standard InChI is InChI=1S/C34H31F3N6O2/c1-41-13-11-28(40-41)32(45)42(22-8-9-22)24-5-2-19-15-30(43(38)23-6-3-21(35)4-7-23)26-18-33(19,17-24)31(44)29-14-20(10-12-39-29)34(36,37)27-16-25(26)27/h3-4,6-7,10-16,22,24,27H,2,5,8-9,17-18,38H2,1H3/t24-,27?,33+/m0/s1. The zero-order valence-corrected chi connectivity index (χ0v) is 24.6. The first kappa shape index (κ1) is 28.0. The van der Waals surface area contributed by atoms with Crippen molar-refractivity contribution in [1.29, 1.82) is 0 Å². The summed E-state index contributed by atoms with van der Waals surface area (Å²) in [6, 6.07) is 9.64. The fourth-order valence-electron chi connectivity index (χ4n) is 7.55. The fourth-order valence-corrected chi connectivity index (χ4v) is 7.55. The minimum Gasteiger partial charge on any atom is -0.331 e. The van der Waals surface area contributed by atoms with E-state index in [4.69, 9.17) is 5.84 Å². The minimum absolute atomic E-state index is 0.0113. The van der Waals surface area contributed by atoms with Crippen molar-refractivity contribution < 1.29 is 22.8 Å². The number of carbonyl (C=O) groups is 2. The summed E-state index contributed by atoms with van der Waals surface area (Å²) in [5.41, 5.74) is 1.79. The second-order valence-corrected chi connectivity index (χ2v) is 12.8. The van der Waals surface area contributed by atoms with Crippen LogP contribution in [0, 0.1) is 17.2 Å². The average molecular weight is 613 g/mol. The Kier molecular flexibility index (Phi) is 6.06. The summed E-state index contributed by atoms with van der Waals surface area (Å²) in [6.07, 6.45) is 9.75. The van der Waals surface area contributed by atoms with Crippen molar-refractivity contribution in [3.05, 3.63) is 112 Å². The summed E-state index contributed by atoms with van der Waals surface area (Å²) in [6.45, 7) is 0. The lowest BCUT2D eigenvalue weighted by Gasteiger charge is -2.48. The fraction of sp³-hybridized carbons (Fsp3) is 0.353. The molecule has 1 unspecified atom stereocenters. The van der Waals surface area contributed by atoms with Gasteiger partial charge in [0.15, 0.2) is 5.78 Å². The van der Waals surface area contributed by atoms with Gasteiger partial charge in [0, 0.05) is 37.1 Å². The number of hydrazine groups is 1. The summed E-state index contributed by atoms with van der Waals surface area (Å²) < 4.78 is 47.1. The average Bonchev–Trinajstić information content (AvgIpc) is 3.98. The predicted molar refractivity (Wildman–Crippen MR) is 159 cm³/mol. The van der Waals surface area contributed by atoms with E-state index in [0.717, 1.165) is 18.4 Å². The number of pyridine rings is 1. The number of anilines is 1. The van der Waals surface area contributed by atoms with E-state index < -0.39 is 23.1 Å². The highest BCUT2D eigenvalue weighted by Gasteiger charge is 2.57. The van der Waals surface area contributed by atoms with Crippen LogP contribution in [-0.4, -0.2) is 43.4 Å². The molecule has 5 aliphatic carbocycles. The van der Waals surface area contributed by atoms with E-state index in [9.17, 15) is 14.0 Å². The number of carbonyl (C=O) groups excluding carboxylic acids is 2. The maximum atomic E-state index is 15.8. The lowest BCUT2D eigenvalue weighted by atomic mass is 9.59. The van der Waals surface area contributed by atoms with Crippen LogP contribution >= 0.6 is 0 Å². The van der Waals surface area contributed by atoms with Gasteiger partial charge in [-0.25, -0.2) is 19.0 Å². The Morgan fingerprint density at radius 1 is 1.09 bits per heavy atom. The molecule has 3 aromatic rings. The molecule has 11 heteroatoms. The summed E-state index contributed by atoms with van der Waals surface area (Å²) in [7, 11) is 1.76. The molecule has 45 heavy (non-hydrogen) atoms. The molecule has 2 heterocycles. The number of hydrogen-bond donors (Lipinski definition) is 1. The molecule has 2 N–H and O–H groups in total. The molecule has 8 nitrogen and oxygen atoms in total. The molecule has 3 atom stereocenters. The molecule has 1 aromatic carbocycles. The molecule has 4 bridgehead atoms. The van der Waals surface area contributed by atoms with E-state index in [-0.39, 0.29) is 41.5 Å². The highest BCUT2D eigenvalue weighted by Crippen LogP contribution is 2.60. The Labute approximate surface area is 257 Å². The summed E-state index contributed by atoms with van der Waals surface area (Å²) in [5.74, 6) is 1.31. The quantitative estimate of drug-likeness (QED) is 0.297. The van der Waals surface area contributed by atoms with Gasteiger partial charge in [-0.05, 0) is 98.2 Å². The van der Waals surface area contributed by atoms with Gasteiger partial charge in [-0.2, -0.15) is 5.10 Å². The predicted octanol–water partition coefficient (Wildman–Crippen LogP) is 5.61. The van der Waals surface area contributed by atoms with E-state index in [0.29, 0.717) is 47.5 Å². The van der Waals surface area contributed by atoms with Gasteiger partial charge in [0.1, 0.15) is 17.2 Å². The Bertz CT molecular complexity index is 1860. The Balaban J connectivity index is 1.26. The van der Waals surface area contributed by atoms with E-state index in [1.165, 1.54) is 53.7 Å². The minimum atomic E-state index is -3.25. The largest absolute Gasteiger partial charge is 0.331 e. The highest BCUT2D eigenvalue weighted by molar-refractivity contribution is 6.02. The van der Waals surface area contributed by atoms with Crippen LogP contribution < -0.4 is 10.9 Å². The number of nitrogens with two attached hydrogens (primary N) is 1. The highest BCUT2D eigenvalue weighted by atomic mass is 19.3. The molecule has 1 amide bonds. The number of allylic oxidation sites excluding steroid dienone is 5. The topological polar surface area (TPSA) is 97.3 Å². The molecule has 230 valence electrons. The van der Waals surface area contributed by atoms with Gasteiger partial charge >= 0.3 is 0 Å². The molecule has 0 saturated heterocycles. The lowest BCUT2D eigenvalue weighted by molar-refractivity contribution is -0.0222. The Hall–Kier alpha value is -4.51. The van der Waals surface area contributed by atoms with Gasteiger partial charge in [0.05, 0.1) is 22.7 Å². The zero-order valence-electron chi connectivity index (χ0n) is 24.6. The number of rotatable bonds is 5. The van der Waals surface area contributed by atoms with Crippen LogP contribution in [0.5, 0.6) is 0 Å². The number of aromatic nitrogens is 3. The molecule has 1 spiro atoms. The normalized spacial score (nSPS) is 26.3. The van der Waals surface area contributed by atoms with Crippen LogP contribution in [0.4, 0.5) is 18.9 Å². The maximum Gasteiger partial charge on any atom is 0.283 e. The molecule has 2 saturated carbocycles. The van der Waals surface area contributed by atoms with Crippen molar-refractivity contribution in [2.75, 3.05) is 5.01 Å². The number of nitrogens with zero attached hydrogens (tertiary/aromatic N) is 5. The number of fused-ring (bicyclic) bond motifs is 5. The van der Waals surface area contributed by atoms with E-state index >= 15 is 8.78 Å². The third-order valence-electron chi connectivity index (χ3n) is 10.0. The van der Waals surface area contributed by atoms with Crippen molar-refractivity contribution >= 4 is 17.4 Å². The number of aryl methyl sites for hydroxylation is 1. The van der Waals surface area contributed by atoms with Crippen molar-refractivity contribution in [2.45, 2.75) is 56.5 Å². The SMILES string of the molecule is Cn1ccc(C(=O)N(C2CC2)[C@H]2CCC3=CC(N(N)c4ccc(F)cc4)=C4C[C@@]3(C2)C(=O)c2cc(ccn2)C(F)(F)C2C=C42)n1. The zero-order chi connectivity index (χ0) is 31.2. The molecular formula is C34H31F3N6O2. The van der Waals surface area contributed by atoms with Gasteiger partial charge in [0.25, 0.3) is 11.8 Å². The van der Waals surface area contributed by atoms with Crippen molar-refractivity contribution in [1.82, 2.24) is 19.7 Å². The molecule has 0 radical (unpaired) electrons. The Morgan fingerprint density at radius 3 is 2.58 bits per heavy atom. The lowest BCUT2D eigenvalue weighted by Crippen LogP contribution is -2.51. The molecular weight excluding hydrogens is 581 g/mol. The van der Waals surface area contributed by atoms with E-state index in [1.54, 1.807) is 24.0 Å². The number of ketones is 1. The smallest absolute Gasteiger partial charge is 0.283 e. The number of amides is 1. The van der Waals surface area contributed by atoms with Crippen molar-refractivity contribution in [3.63, 3.8) is 0 Å².